The number of piperazine rings is 1. The van der Waals surface area contributed by atoms with Crippen molar-refractivity contribution in [2.75, 3.05) is 58.9 Å². The third-order valence-electron chi connectivity index (χ3n) is 5.24. The molecule has 0 atom stereocenters. The number of methoxy groups -OCH3 is 1. The van der Waals surface area contributed by atoms with Crippen LogP contribution in [0, 0.1) is 0 Å². The second-order valence-electron chi connectivity index (χ2n) is 7.46. The molecule has 10 heteroatoms. The fourth-order valence-electron chi connectivity index (χ4n) is 3.30. The summed E-state index contributed by atoms with van der Waals surface area (Å²) in [6, 6.07) is 13.3. The summed E-state index contributed by atoms with van der Waals surface area (Å²) in [5.41, 5.74) is 1.13. The molecule has 2 aromatic carbocycles. The van der Waals surface area contributed by atoms with Crippen molar-refractivity contribution in [3.8, 4) is 5.75 Å². The van der Waals surface area contributed by atoms with Gasteiger partial charge in [0.2, 0.25) is 10.0 Å². The molecule has 1 heterocycles. The summed E-state index contributed by atoms with van der Waals surface area (Å²) in [4.78, 5) is 28.6. The van der Waals surface area contributed by atoms with Crippen molar-refractivity contribution in [1.82, 2.24) is 9.21 Å². The Morgan fingerprint density at radius 3 is 2.25 bits per heavy atom. The van der Waals surface area contributed by atoms with E-state index in [1.807, 2.05) is 24.3 Å². The zero-order valence-electron chi connectivity index (χ0n) is 18.4. The Morgan fingerprint density at radius 1 is 1.00 bits per heavy atom. The quantitative estimate of drug-likeness (QED) is 0.576. The molecule has 1 aliphatic heterocycles. The highest BCUT2D eigenvalue weighted by molar-refractivity contribution is 7.89. The van der Waals surface area contributed by atoms with Crippen LogP contribution in [0.2, 0.25) is 0 Å². The molecule has 0 N–H and O–H groups in total. The highest BCUT2D eigenvalue weighted by atomic mass is 32.2. The van der Waals surface area contributed by atoms with E-state index >= 15 is 0 Å². The van der Waals surface area contributed by atoms with Crippen molar-refractivity contribution < 1.29 is 27.5 Å². The summed E-state index contributed by atoms with van der Waals surface area (Å²) < 4.78 is 35.9. The number of nitrogens with zero attached hydrogens (tertiary/aromatic N) is 3. The van der Waals surface area contributed by atoms with Gasteiger partial charge in [0.15, 0.2) is 6.61 Å². The van der Waals surface area contributed by atoms with E-state index in [9.17, 15) is 18.0 Å². The number of amides is 1. The van der Waals surface area contributed by atoms with Crippen molar-refractivity contribution in [3.05, 3.63) is 54.1 Å². The van der Waals surface area contributed by atoms with Crippen LogP contribution < -0.4 is 9.64 Å². The molecular weight excluding hydrogens is 434 g/mol. The van der Waals surface area contributed by atoms with Crippen LogP contribution in [0.4, 0.5) is 5.69 Å². The van der Waals surface area contributed by atoms with Crippen molar-refractivity contribution in [3.63, 3.8) is 0 Å². The largest absolute Gasteiger partial charge is 0.497 e. The number of sulfonamides is 1. The first-order valence-corrected chi connectivity index (χ1v) is 11.5. The van der Waals surface area contributed by atoms with Crippen molar-refractivity contribution in [2.24, 2.45) is 0 Å². The summed E-state index contributed by atoms with van der Waals surface area (Å²) >= 11 is 0. The number of carbonyl (C=O) groups excluding carboxylic acids is 2. The van der Waals surface area contributed by atoms with Crippen molar-refractivity contribution >= 4 is 27.6 Å². The van der Waals surface area contributed by atoms with Crippen LogP contribution in [-0.4, -0.2) is 83.5 Å². The maximum Gasteiger partial charge on any atom is 0.338 e. The molecule has 1 amide bonds. The number of carbonyl (C=O) groups is 2. The lowest BCUT2D eigenvalue weighted by molar-refractivity contribution is -0.134. The van der Waals surface area contributed by atoms with Gasteiger partial charge in [-0.25, -0.2) is 17.5 Å². The zero-order valence-corrected chi connectivity index (χ0v) is 19.2. The van der Waals surface area contributed by atoms with Crippen molar-refractivity contribution in [1.29, 1.82) is 0 Å². The minimum absolute atomic E-state index is 0.0158. The van der Waals surface area contributed by atoms with Gasteiger partial charge in [-0.1, -0.05) is 6.07 Å². The SMILES string of the molecule is COc1ccc(N2CCN(C(=O)COC(=O)c3cccc(S(=O)(=O)N(C)C)c3)CC2)cc1. The third kappa shape index (κ3) is 5.38. The van der Waals surface area contributed by atoms with Gasteiger partial charge in [0.1, 0.15) is 5.75 Å². The van der Waals surface area contributed by atoms with Gasteiger partial charge in [0.05, 0.1) is 17.6 Å². The molecule has 0 aliphatic carbocycles. The second kappa shape index (κ2) is 10.0. The monoisotopic (exact) mass is 461 g/mol. The van der Waals surface area contributed by atoms with Gasteiger partial charge in [-0.2, -0.15) is 0 Å². The first kappa shape index (κ1) is 23.6. The number of esters is 1. The lowest BCUT2D eigenvalue weighted by atomic mass is 10.2. The normalized spacial score (nSPS) is 14.4. The van der Waals surface area contributed by atoms with E-state index in [1.165, 1.54) is 38.4 Å². The highest BCUT2D eigenvalue weighted by Crippen LogP contribution is 2.20. The average molecular weight is 462 g/mol. The molecule has 3 rings (SSSR count). The average Bonchev–Trinajstić information content (AvgIpc) is 2.82. The Kier molecular flexibility index (Phi) is 7.37. The number of hydrogen-bond acceptors (Lipinski definition) is 7. The Bertz CT molecular complexity index is 1060. The minimum Gasteiger partial charge on any atom is -0.497 e. The molecule has 1 fully saturated rings. The van der Waals surface area contributed by atoms with Gasteiger partial charge in [0.25, 0.3) is 5.91 Å². The smallest absolute Gasteiger partial charge is 0.338 e. The molecule has 9 nitrogen and oxygen atoms in total. The second-order valence-corrected chi connectivity index (χ2v) is 9.61. The Morgan fingerprint density at radius 2 is 1.66 bits per heavy atom. The highest BCUT2D eigenvalue weighted by Gasteiger charge is 2.23. The topological polar surface area (TPSA) is 96.5 Å². The van der Waals surface area contributed by atoms with Gasteiger partial charge in [-0.15, -0.1) is 0 Å². The molecule has 2 aromatic rings. The molecule has 1 aliphatic rings. The van der Waals surface area contributed by atoms with Crippen LogP contribution in [0.15, 0.2) is 53.4 Å². The third-order valence-corrected chi connectivity index (χ3v) is 7.06. The standard InChI is InChI=1S/C22H27N3O6S/c1-23(2)32(28,29)20-6-4-5-17(15-20)22(27)31-16-21(26)25-13-11-24(12-14-25)18-7-9-19(30-3)10-8-18/h4-10,15H,11-14,16H2,1-3H3. The van der Waals surface area contributed by atoms with Gasteiger partial charge in [0, 0.05) is 46.0 Å². The lowest BCUT2D eigenvalue weighted by Gasteiger charge is -2.36. The Hall–Kier alpha value is -3.11. The maximum absolute atomic E-state index is 12.5. The van der Waals surface area contributed by atoms with E-state index in [0.29, 0.717) is 26.2 Å². The van der Waals surface area contributed by atoms with Gasteiger partial charge in [-0.05, 0) is 42.5 Å². The van der Waals surface area contributed by atoms with E-state index in [1.54, 1.807) is 12.0 Å². The fraction of sp³-hybridized carbons (Fsp3) is 0.364. The predicted octanol–water partition coefficient (Wildman–Crippen LogP) is 1.45. The summed E-state index contributed by atoms with van der Waals surface area (Å²) in [6.07, 6.45) is 0. The zero-order chi connectivity index (χ0) is 23.3. The number of ether oxygens (including phenoxy) is 2. The molecule has 0 radical (unpaired) electrons. The van der Waals surface area contributed by atoms with Crippen molar-refractivity contribution in [2.45, 2.75) is 4.90 Å². The number of anilines is 1. The van der Waals surface area contributed by atoms with Crippen LogP contribution in [0.5, 0.6) is 5.75 Å². The van der Waals surface area contributed by atoms with Gasteiger partial charge in [-0.3, -0.25) is 4.79 Å². The lowest BCUT2D eigenvalue weighted by Crippen LogP contribution is -2.49. The predicted molar refractivity (Wildman–Crippen MR) is 119 cm³/mol. The molecule has 1 saturated heterocycles. The van der Waals surface area contributed by atoms with Gasteiger partial charge < -0.3 is 19.3 Å². The van der Waals surface area contributed by atoms with E-state index in [-0.39, 0.29) is 16.4 Å². The Labute approximate surface area is 188 Å². The molecule has 0 saturated carbocycles. The van der Waals surface area contributed by atoms with Crippen LogP contribution in [0.1, 0.15) is 10.4 Å². The number of rotatable bonds is 7. The minimum atomic E-state index is -3.67. The van der Waals surface area contributed by atoms with Crippen LogP contribution >= 0.6 is 0 Å². The Balaban J connectivity index is 1.52. The van der Waals surface area contributed by atoms with Crippen LogP contribution in [-0.2, 0) is 19.6 Å². The molecular formula is C22H27N3O6S. The van der Waals surface area contributed by atoms with Crippen LogP contribution in [0.3, 0.4) is 0 Å². The number of hydrogen-bond donors (Lipinski definition) is 0. The number of benzene rings is 2. The van der Waals surface area contributed by atoms with Crippen LogP contribution in [0.25, 0.3) is 0 Å². The molecule has 0 unspecified atom stereocenters. The molecule has 32 heavy (non-hydrogen) atoms. The molecule has 0 bridgehead atoms. The van der Waals surface area contributed by atoms with Gasteiger partial charge >= 0.3 is 5.97 Å². The van der Waals surface area contributed by atoms with E-state index < -0.39 is 22.6 Å². The maximum atomic E-state index is 12.5. The molecule has 0 aromatic heterocycles. The first-order chi connectivity index (χ1) is 15.2. The fourth-order valence-corrected chi connectivity index (χ4v) is 4.25. The summed E-state index contributed by atoms with van der Waals surface area (Å²) in [7, 11) is 0.765. The van der Waals surface area contributed by atoms with E-state index in [0.717, 1.165) is 15.7 Å². The molecule has 172 valence electrons. The molecule has 0 spiro atoms. The first-order valence-electron chi connectivity index (χ1n) is 10.1. The summed E-state index contributed by atoms with van der Waals surface area (Å²) in [6.45, 7) is 1.96. The van der Waals surface area contributed by atoms with E-state index in [2.05, 4.69) is 4.90 Å². The summed E-state index contributed by atoms with van der Waals surface area (Å²) in [5, 5.41) is 0. The summed E-state index contributed by atoms with van der Waals surface area (Å²) in [5.74, 6) is -0.245. The van der Waals surface area contributed by atoms with E-state index in [4.69, 9.17) is 9.47 Å².